The normalized spacial score (nSPS) is 13.8. The van der Waals surface area contributed by atoms with Gasteiger partial charge in [-0.25, -0.2) is 0 Å². The fourth-order valence-electron chi connectivity index (χ4n) is 1.26. The maximum Gasteiger partial charge on any atom is 0.0671 e. The molecule has 0 aliphatic rings. The van der Waals surface area contributed by atoms with E-state index in [0.29, 0.717) is 6.10 Å². The fourth-order valence-corrected chi connectivity index (χ4v) is 1.26. The van der Waals surface area contributed by atoms with Gasteiger partial charge in [0.05, 0.1) is 6.10 Å². The second-order valence-corrected chi connectivity index (χ2v) is 5.25. The number of ether oxygens (including phenoxy) is 1. The number of hydrogen-bond acceptors (Lipinski definition) is 2. The first kappa shape index (κ1) is 14.9. The minimum Gasteiger partial charge on any atom is -0.377 e. The molecule has 0 aromatic heterocycles. The zero-order valence-corrected chi connectivity index (χ0v) is 11.2. The van der Waals surface area contributed by atoms with E-state index in [1.165, 1.54) is 6.42 Å². The van der Waals surface area contributed by atoms with E-state index < -0.39 is 0 Å². The predicted molar refractivity (Wildman–Crippen MR) is 67.2 cm³/mol. The van der Waals surface area contributed by atoms with Gasteiger partial charge in [0.2, 0.25) is 0 Å². The summed E-state index contributed by atoms with van der Waals surface area (Å²) in [4.78, 5) is 0. The van der Waals surface area contributed by atoms with Gasteiger partial charge in [-0.05, 0) is 38.1 Å². The summed E-state index contributed by atoms with van der Waals surface area (Å²) in [6.07, 6.45) is 2.76. The van der Waals surface area contributed by atoms with Crippen molar-refractivity contribution in [3.05, 3.63) is 0 Å². The average molecular weight is 215 g/mol. The lowest BCUT2D eigenvalue weighted by Crippen LogP contribution is -2.28. The Labute approximate surface area is 95.8 Å². The molecule has 1 atom stereocenters. The third-order valence-corrected chi connectivity index (χ3v) is 2.43. The Morgan fingerprint density at radius 3 is 2.07 bits per heavy atom. The highest BCUT2D eigenvalue weighted by Gasteiger charge is 2.02. The summed E-state index contributed by atoms with van der Waals surface area (Å²) in [5.41, 5.74) is 0. The van der Waals surface area contributed by atoms with Crippen LogP contribution in [-0.4, -0.2) is 25.8 Å². The molecule has 0 aliphatic heterocycles. The maximum absolute atomic E-state index is 5.70. The van der Waals surface area contributed by atoms with E-state index >= 15 is 0 Å². The van der Waals surface area contributed by atoms with Crippen LogP contribution in [0.4, 0.5) is 0 Å². The summed E-state index contributed by atoms with van der Waals surface area (Å²) in [7, 11) is 0. The SMILES string of the molecule is CC(C)CCNCC(C)OCCC(C)C. The van der Waals surface area contributed by atoms with Crippen molar-refractivity contribution in [2.75, 3.05) is 19.7 Å². The molecule has 0 amide bonds. The van der Waals surface area contributed by atoms with Gasteiger partial charge in [-0.2, -0.15) is 0 Å². The number of hydrogen-bond donors (Lipinski definition) is 1. The second-order valence-electron chi connectivity index (χ2n) is 5.25. The van der Waals surface area contributed by atoms with E-state index in [2.05, 4.69) is 39.9 Å². The van der Waals surface area contributed by atoms with E-state index in [0.717, 1.165) is 38.0 Å². The van der Waals surface area contributed by atoms with E-state index in [4.69, 9.17) is 4.74 Å². The first-order chi connectivity index (χ1) is 7.02. The minimum atomic E-state index is 0.343. The number of nitrogens with one attached hydrogen (secondary N) is 1. The van der Waals surface area contributed by atoms with Gasteiger partial charge in [-0.3, -0.25) is 0 Å². The Kier molecular flexibility index (Phi) is 9.12. The molecular weight excluding hydrogens is 186 g/mol. The molecule has 92 valence electrons. The fraction of sp³-hybridized carbons (Fsp3) is 1.00. The van der Waals surface area contributed by atoms with Gasteiger partial charge in [0, 0.05) is 13.2 Å². The molecule has 1 N–H and O–H groups in total. The summed E-state index contributed by atoms with van der Waals surface area (Å²) in [6, 6.07) is 0. The molecule has 1 unspecified atom stereocenters. The van der Waals surface area contributed by atoms with Gasteiger partial charge in [0.15, 0.2) is 0 Å². The first-order valence-electron chi connectivity index (χ1n) is 6.34. The van der Waals surface area contributed by atoms with Crippen LogP contribution < -0.4 is 5.32 Å². The summed E-state index contributed by atoms with van der Waals surface area (Å²) in [5.74, 6) is 1.53. The van der Waals surface area contributed by atoms with Crippen LogP contribution in [-0.2, 0) is 4.74 Å². The highest BCUT2D eigenvalue weighted by Crippen LogP contribution is 2.01. The molecule has 0 bridgehead atoms. The molecule has 0 radical (unpaired) electrons. The predicted octanol–water partition coefficient (Wildman–Crippen LogP) is 3.07. The van der Waals surface area contributed by atoms with Crippen LogP contribution in [0.15, 0.2) is 0 Å². The van der Waals surface area contributed by atoms with Crippen molar-refractivity contribution in [2.45, 2.75) is 53.6 Å². The molecular formula is C13H29NO. The lowest BCUT2D eigenvalue weighted by atomic mass is 10.1. The van der Waals surface area contributed by atoms with Crippen molar-refractivity contribution in [2.24, 2.45) is 11.8 Å². The summed E-state index contributed by atoms with van der Waals surface area (Å²) < 4.78 is 5.70. The lowest BCUT2D eigenvalue weighted by Gasteiger charge is -2.15. The van der Waals surface area contributed by atoms with E-state index in [-0.39, 0.29) is 0 Å². The smallest absolute Gasteiger partial charge is 0.0671 e. The van der Waals surface area contributed by atoms with Gasteiger partial charge >= 0.3 is 0 Å². The second kappa shape index (κ2) is 9.17. The van der Waals surface area contributed by atoms with Crippen LogP contribution in [0, 0.1) is 11.8 Å². The van der Waals surface area contributed by atoms with Crippen LogP contribution >= 0.6 is 0 Å². The van der Waals surface area contributed by atoms with Crippen LogP contribution in [0.2, 0.25) is 0 Å². The highest BCUT2D eigenvalue weighted by atomic mass is 16.5. The van der Waals surface area contributed by atoms with Gasteiger partial charge in [0.1, 0.15) is 0 Å². The van der Waals surface area contributed by atoms with Gasteiger partial charge < -0.3 is 10.1 Å². The molecule has 0 saturated heterocycles. The van der Waals surface area contributed by atoms with Crippen molar-refractivity contribution in [1.29, 1.82) is 0 Å². The topological polar surface area (TPSA) is 21.3 Å². The van der Waals surface area contributed by atoms with Gasteiger partial charge in [-0.15, -0.1) is 0 Å². The van der Waals surface area contributed by atoms with Crippen molar-refractivity contribution in [1.82, 2.24) is 5.32 Å². The van der Waals surface area contributed by atoms with E-state index in [1.54, 1.807) is 0 Å². The van der Waals surface area contributed by atoms with Crippen molar-refractivity contribution in [3.8, 4) is 0 Å². The van der Waals surface area contributed by atoms with Crippen LogP contribution in [0.1, 0.15) is 47.5 Å². The van der Waals surface area contributed by atoms with E-state index in [1.807, 2.05) is 0 Å². The van der Waals surface area contributed by atoms with Gasteiger partial charge in [-0.1, -0.05) is 27.7 Å². The summed E-state index contributed by atoms with van der Waals surface area (Å²) in [5, 5.41) is 3.43. The molecule has 0 saturated carbocycles. The Balaban J connectivity index is 3.22. The lowest BCUT2D eigenvalue weighted by molar-refractivity contribution is 0.0587. The molecule has 0 aromatic rings. The highest BCUT2D eigenvalue weighted by molar-refractivity contribution is 4.57. The third kappa shape index (κ3) is 11.8. The zero-order chi connectivity index (χ0) is 11.7. The molecule has 0 fully saturated rings. The average Bonchev–Trinajstić information content (AvgIpc) is 2.11. The maximum atomic E-state index is 5.70. The van der Waals surface area contributed by atoms with Gasteiger partial charge in [0.25, 0.3) is 0 Å². The van der Waals surface area contributed by atoms with Crippen LogP contribution in [0.25, 0.3) is 0 Å². The quantitative estimate of drug-likeness (QED) is 0.597. The monoisotopic (exact) mass is 215 g/mol. The van der Waals surface area contributed by atoms with Crippen molar-refractivity contribution in [3.63, 3.8) is 0 Å². The molecule has 0 spiro atoms. The molecule has 0 aliphatic carbocycles. The zero-order valence-electron chi connectivity index (χ0n) is 11.2. The largest absolute Gasteiger partial charge is 0.377 e. The molecule has 2 nitrogen and oxygen atoms in total. The Hall–Kier alpha value is -0.0800. The Morgan fingerprint density at radius 2 is 1.53 bits per heavy atom. The first-order valence-corrected chi connectivity index (χ1v) is 6.34. The van der Waals surface area contributed by atoms with Crippen LogP contribution in [0.3, 0.4) is 0 Å². The minimum absolute atomic E-state index is 0.343. The third-order valence-electron chi connectivity index (χ3n) is 2.43. The number of rotatable bonds is 9. The standard InChI is InChI=1S/C13H29NO/c1-11(2)6-8-14-10-13(5)15-9-7-12(3)4/h11-14H,6-10H2,1-5H3. The molecule has 15 heavy (non-hydrogen) atoms. The van der Waals surface area contributed by atoms with Crippen molar-refractivity contribution >= 4 is 0 Å². The van der Waals surface area contributed by atoms with Crippen molar-refractivity contribution < 1.29 is 4.74 Å². The molecule has 0 heterocycles. The Morgan fingerprint density at radius 1 is 0.933 bits per heavy atom. The molecule has 2 heteroatoms. The molecule has 0 aromatic carbocycles. The van der Waals surface area contributed by atoms with Crippen LogP contribution in [0.5, 0.6) is 0 Å². The van der Waals surface area contributed by atoms with E-state index in [9.17, 15) is 0 Å². The Bertz CT molecular complexity index is 134. The summed E-state index contributed by atoms with van der Waals surface area (Å²) >= 11 is 0. The summed E-state index contributed by atoms with van der Waals surface area (Å²) in [6.45, 7) is 14.1. The molecule has 0 rings (SSSR count).